The molecule has 0 spiro atoms. The van der Waals surface area contributed by atoms with Crippen LogP contribution in [0.5, 0.6) is 0 Å². The van der Waals surface area contributed by atoms with E-state index in [-0.39, 0.29) is 5.91 Å². The van der Waals surface area contributed by atoms with Gasteiger partial charge in [0, 0.05) is 44.7 Å². The molecule has 1 N–H and O–H groups in total. The molecule has 1 amide bonds. The van der Waals surface area contributed by atoms with Crippen LogP contribution in [0.1, 0.15) is 37.3 Å². The fraction of sp³-hybridized carbons (Fsp3) is 0.632. The normalized spacial score (nSPS) is 23.4. The van der Waals surface area contributed by atoms with Gasteiger partial charge in [0.25, 0.3) is 0 Å². The van der Waals surface area contributed by atoms with Gasteiger partial charge in [0.05, 0.1) is 0 Å². The van der Waals surface area contributed by atoms with Gasteiger partial charge in [0.2, 0.25) is 5.91 Å². The number of amides is 1. The molecule has 3 rings (SSSR count). The number of likely N-dealkylation sites (N-methyl/N-ethyl adjacent to an activating group) is 1. The predicted molar refractivity (Wildman–Crippen MR) is 93.2 cm³/mol. The largest absolute Gasteiger partial charge is 0.356 e. The molecule has 1 aliphatic heterocycles. The lowest BCUT2D eigenvalue weighted by atomic mass is 9.85. The summed E-state index contributed by atoms with van der Waals surface area (Å²) in [5, 5.41) is 3.11. The van der Waals surface area contributed by atoms with Gasteiger partial charge in [0.15, 0.2) is 0 Å². The molecule has 1 heterocycles. The second-order valence-electron chi connectivity index (χ2n) is 7.00. The molecule has 126 valence electrons. The Morgan fingerprint density at radius 2 is 2.00 bits per heavy atom. The van der Waals surface area contributed by atoms with Crippen LogP contribution >= 0.6 is 0 Å². The van der Waals surface area contributed by atoms with E-state index in [1.807, 2.05) is 0 Å². The molecule has 1 saturated heterocycles. The Hall–Kier alpha value is -1.39. The van der Waals surface area contributed by atoms with Crippen molar-refractivity contribution >= 4 is 5.91 Å². The second kappa shape index (κ2) is 7.93. The van der Waals surface area contributed by atoms with E-state index in [1.54, 1.807) is 0 Å². The van der Waals surface area contributed by atoms with Crippen LogP contribution < -0.4 is 5.32 Å². The van der Waals surface area contributed by atoms with Crippen LogP contribution in [0.25, 0.3) is 0 Å². The van der Waals surface area contributed by atoms with Gasteiger partial charge in [-0.1, -0.05) is 36.8 Å². The Bertz CT molecular complexity index is 501. The predicted octanol–water partition coefficient (Wildman–Crippen LogP) is 2.28. The van der Waals surface area contributed by atoms with Crippen molar-refractivity contribution in [3.63, 3.8) is 0 Å². The van der Waals surface area contributed by atoms with E-state index in [1.165, 1.54) is 12.0 Å². The summed E-state index contributed by atoms with van der Waals surface area (Å²) in [6.07, 6.45) is 4.42. The molecular weight excluding hydrogens is 286 g/mol. The van der Waals surface area contributed by atoms with Crippen LogP contribution in [0.4, 0.5) is 0 Å². The summed E-state index contributed by atoms with van der Waals surface area (Å²) in [6.45, 7) is 5.17. The van der Waals surface area contributed by atoms with Crippen molar-refractivity contribution in [2.75, 3.05) is 39.8 Å². The summed E-state index contributed by atoms with van der Waals surface area (Å²) in [6, 6.07) is 11.3. The zero-order chi connectivity index (χ0) is 16.1. The monoisotopic (exact) mass is 315 g/mol. The van der Waals surface area contributed by atoms with Gasteiger partial charge in [-0.2, -0.15) is 0 Å². The molecule has 2 aliphatic rings. The van der Waals surface area contributed by atoms with Crippen molar-refractivity contribution in [3.05, 3.63) is 35.9 Å². The number of carbonyl (C=O) groups is 1. The number of nitrogens with zero attached hydrogens (tertiary/aromatic N) is 2. The van der Waals surface area contributed by atoms with E-state index < -0.39 is 0 Å². The van der Waals surface area contributed by atoms with Gasteiger partial charge >= 0.3 is 0 Å². The zero-order valence-corrected chi connectivity index (χ0v) is 14.2. The van der Waals surface area contributed by atoms with Crippen LogP contribution in [0.2, 0.25) is 0 Å². The molecule has 4 nitrogen and oxygen atoms in total. The van der Waals surface area contributed by atoms with Gasteiger partial charge in [-0.05, 0) is 31.9 Å². The molecule has 0 unspecified atom stereocenters. The maximum atomic E-state index is 11.9. The lowest BCUT2D eigenvalue weighted by Crippen LogP contribution is -2.47. The topological polar surface area (TPSA) is 35.6 Å². The number of rotatable bonds is 6. The second-order valence-corrected chi connectivity index (χ2v) is 7.00. The van der Waals surface area contributed by atoms with Crippen LogP contribution in [0, 0.1) is 5.92 Å². The third-order valence-corrected chi connectivity index (χ3v) is 5.28. The average molecular weight is 315 g/mol. The van der Waals surface area contributed by atoms with Crippen molar-refractivity contribution in [2.45, 2.75) is 31.7 Å². The van der Waals surface area contributed by atoms with Crippen LogP contribution in [-0.2, 0) is 4.79 Å². The Balaban J connectivity index is 1.47. The Morgan fingerprint density at radius 1 is 1.22 bits per heavy atom. The summed E-state index contributed by atoms with van der Waals surface area (Å²) in [5.74, 6) is 0.574. The lowest BCUT2D eigenvalue weighted by molar-refractivity contribution is -0.127. The highest BCUT2D eigenvalue weighted by atomic mass is 16.1. The standard InChI is InChI=1S/C19H29N3O/c1-21-13-14-22(18(15-21)16-7-3-2-4-8-16)12-6-11-20-19(23)17-9-5-10-17/h2-4,7-8,17-18H,5-6,9-15H2,1H3,(H,20,23)/t18-/m1/s1. The molecule has 1 aromatic rings. The maximum Gasteiger partial charge on any atom is 0.223 e. The fourth-order valence-corrected chi connectivity index (χ4v) is 3.52. The van der Waals surface area contributed by atoms with Gasteiger partial charge < -0.3 is 10.2 Å². The van der Waals surface area contributed by atoms with E-state index in [0.717, 1.165) is 52.0 Å². The SMILES string of the molecule is CN1CCN(CCCNC(=O)C2CCC2)[C@@H](c2ccccc2)C1. The zero-order valence-electron chi connectivity index (χ0n) is 14.2. The van der Waals surface area contributed by atoms with E-state index in [9.17, 15) is 4.79 Å². The first-order valence-electron chi connectivity index (χ1n) is 8.99. The van der Waals surface area contributed by atoms with Gasteiger partial charge in [-0.3, -0.25) is 9.69 Å². The number of carbonyl (C=O) groups excluding carboxylic acids is 1. The van der Waals surface area contributed by atoms with Crippen molar-refractivity contribution in [1.82, 2.24) is 15.1 Å². The van der Waals surface area contributed by atoms with E-state index >= 15 is 0 Å². The number of hydrogen-bond donors (Lipinski definition) is 1. The molecule has 23 heavy (non-hydrogen) atoms. The quantitative estimate of drug-likeness (QED) is 0.818. The molecule has 0 radical (unpaired) electrons. The highest BCUT2D eigenvalue weighted by Crippen LogP contribution is 2.26. The third kappa shape index (κ3) is 4.33. The minimum absolute atomic E-state index is 0.272. The first-order valence-corrected chi connectivity index (χ1v) is 8.99. The minimum atomic E-state index is 0.272. The molecule has 1 aromatic carbocycles. The fourth-order valence-electron chi connectivity index (χ4n) is 3.52. The summed E-state index contributed by atoms with van der Waals surface area (Å²) in [5.41, 5.74) is 1.40. The molecule has 0 aromatic heterocycles. The van der Waals surface area contributed by atoms with Crippen LogP contribution in [0.3, 0.4) is 0 Å². The number of hydrogen-bond acceptors (Lipinski definition) is 3. The summed E-state index contributed by atoms with van der Waals surface area (Å²) >= 11 is 0. The van der Waals surface area contributed by atoms with E-state index in [4.69, 9.17) is 0 Å². The summed E-state index contributed by atoms with van der Waals surface area (Å²) in [7, 11) is 2.20. The first kappa shape index (κ1) is 16.5. The number of benzene rings is 1. The Morgan fingerprint density at radius 3 is 2.70 bits per heavy atom. The van der Waals surface area contributed by atoms with Crippen molar-refractivity contribution in [2.24, 2.45) is 5.92 Å². The van der Waals surface area contributed by atoms with Crippen LogP contribution in [-0.4, -0.2) is 55.5 Å². The van der Waals surface area contributed by atoms with Crippen molar-refractivity contribution in [1.29, 1.82) is 0 Å². The highest BCUT2D eigenvalue weighted by Gasteiger charge is 2.27. The lowest BCUT2D eigenvalue weighted by Gasteiger charge is -2.40. The number of nitrogens with one attached hydrogen (secondary N) is 1. The summed E-state index contributed by atoms with van der Waals surface area (Å²) < 4.78 is 0. The van der Waals surface area contributed by atoms with Gasteiger partial charge in [-0.25, -0.2) is 0 Å². The molecule has 1 atom stereocenters. The summed E-state index contributed by atoms with van der Waals surface area (Å²) in [4.78, 5) is 16.9. The molecule has 1 aliphatic carbocycles. The Labute approximate surface area is 139 Å². The van der Waals surface area contributed by atoms with Gasteiger partial charge in [-0.15, -0.1) is 0 Å². The molecule has 2 fully saturated rings. The van der Waals surface area contributed by atoms with E-state index in [2.05, 4.69) is 52.5 Å². The Kier molecular flexibility index (Phi) is 5.68. The van der Waals surface area contributed by atoms with E-state index in [0.29, 0.717) is 12.0 Å². The minimum Gasteiger partial charge on any atom is -0.356 e. The molecule has 4 heteroatoms. The van der Waals surface area contributed by atoms with Crippen molar-refractivity contribution < 1.29 is 4.79 Å². The third-order valence-electron chi connectivity index (χ3n) is 5.28. The maximum absolute atomic E-state index is 11.9. The molecule has 0 bridgehead atoms. The first-order chi connectivity index (χ1) is 11.2. The van der Waals surface area contributed by atoms with Crippen molar-refractivity contribution in [3.8, 4) is 0 Å². The van der Waals surface area contributed by atoms with Crippen LogP contribution in [0.15, 0.2) is 30.3 Å². The number of piperazine rings is 1. The average Bonchev–Trinajstić information content (AvgIpc) is 2.52. The molecular formula is C19H29N3O. The molecule has 1 saturated carbocycles. The van der Waals surface area contributed by atoms with Gasteiger partial charge in [0.1, 0.15) is 0 Å². The highest BCUT2D eigenvalue weighted by molar-refractivity contribution is 5.79. The smallest absolute Gasteiger partial charge is 0.223 e.